The van der Waals surface area contributed by atoms with Crippen molar-refractivity contribution in [2.45, 2.75) is 6.10 Å². The third kappa shape index (κ3) is 3.82. The molecule has 0 aliphatic carbocycles. The highest BCUT2D eigenvalue weighted by Crippen LogP contribution is 2.35. The summed E-state index contributed by atoms with van der Waals surface area (Å²) in [6, 6.07) is 7.98. The van der Waals surface area contributed by atoms with E-state index in [1.807, 2.05) is 0 Å². The van der Waals surface area contributed by atoms with Crippen molar-refractivity contribution >= 4 is 11.5 Å². The first-order valence-corrected chi connectivity index (χ1v) is 7.16. The van der Waals surface area contributed by atoms with Gasteiger partial charge in [0.15, 0.2) is 11.5 Å². The van der Waals surface area contributed by atoms with Gasteiger partial charge in [-0.1, -0.05) is 0 Å². The van der Waals surface area contributed by atoms with Gasteiger partial charge in [-0.15, -0.1) is 0 Å². The van der Waals surface area contributed by atoms with Crippen molar-refractivity contribution < 1.29 is 24.2 Å². The van der Waals surface area contributed by atoms with E-state index in [0.717, 1.165) is 6.20 Å². The van der Waals surface area contributed by atoms with E-state index in [-0.39, 0.29) is 25.6 Å². The summed E-state index contributed by atoms with van der Waals surface area (Å²) in [5, 5.41) is 23.3. The highest BCUT2D eigenvalue weighted by molar-refractivity contribution is 5.46. The standard InChI is InChI=1S/C15H15N3O6/c19-11(7-17-15-4-1-10(6-16-15)18(20)21)8-22-12-2-3-13-14(5-12)24-9-23-13/h1-6,11,19H,7-9H2,(H,16,17)/t11-/m1/s1. The predicted octanol–water partition coefficient (Wildman–Crippen LogP) is 1.57. The number of nitro groups is 1. The van der Waals surface area contributed by atoms with Gasteiger partial charge in [0.1, 0.15) is 30.5 Å². The number of nitrogens with zero attached hydrogens (tertiary/aromatic N) is 2. The fraction of sp³-hybridized carbons (Fsp3) is 0.267. The number of pyridine rings is 1. The zero-order chi connectivity index (χ0) is 16.9. The fourth-order valence-corrected chi connectivity index (χ4v) is 2.04. The number of aliphatic hydroxyl groups is 1. The molecule has 9 heteroatoms. The average molecular weight is 333 g/mol. The van der Waals surface area contributed by atoms with Crippen LogP contribution < -0.4 is 19.5 Å². The third-order valence-electron chi connectivity index (χ3n) is 3.26. The fourth-order valence-electron chi connectivity index (χ4n) is 2.04. The Balaban J connectivity index is 1.45. The van der Waals surface area contributed by atoms with E-state index in [2.05, 4.69) is 10.3 Å². The molecule has 0 bridgehead atoms. The van der Waals surface area contributed by atoms with Gasteiger partial charge in [-0.2, -0.15) is 0 Å². The molecular weight excluding hydrogens is 318 g/mol. The molecule has 1 aliphatic rings. The van der Waals surface area contributed by atoms with E-state index in [9.17, 15) is 15.2 Å². The van der Waals surface area contributed by atoms with Gasteiger partial charge in [0, 0.05) is 18.7 Å². The highest BCUT2D eigenvalue weighted by atomic mass is 16.7. The minimum Gasteiger partial charge on any atom is -0.491 e. The molecule has 0 amide bonds. The minimum absolute atomic E-state index is 0.0691. The molecule has 24 heavy (non-hydrogen) atoms. The summed E-state index contributed by atoms with van der Waals surface area (Å²) in [6.45, 7) is 0.447. The molecule has 0 radical (unpaired) electrons. The lowest BCUT2D eigenvalue weighted by molar-refractivity contribution is -0.385. The molecule has 0 fully saturated rings. The summed E-state index contributed by atoms with van der Waals surface area (Å²) in [4.78, 5) is 13.9. The lowest BCUT2D eigenvalue weighted by Crippen LogP contribution is -2.26. The second-order valence-corrected chi connectivity index (χ2v) is 5.02. The molecular formula is C15H15N3O6. The van der Waals surface area contributed by atoms with Crippen molar-refractivity contribution in [2.75, 3.05) is 25.3 Å². The first-order chi connectivity index (χ1) is 11.6. The largest absolute Gasteiger partial charge is 0.491 e. The van der Waals surface area contributed by atoms with Crippen molar-refractivity contribution in [2.24, 2.45) is 0 Å². The Morgan fingerprint density at radius 1 is 1.33 bits per heavy atom. The SMILES string of the molecule is O=[N+]([O-])c1ccc(NC[C@@H](O)COc2ccc3c(c2)OCO3)nc1. The van der Waals surface area contributed by atoms with Gasteiger partial charge in [0.05, 0.1) is 4.92 Å². The molecule has 1 aromatic heterocycles. The Kier molecular flexibility index (Phi) is 4.62. The molecule has 1 aliphatic heterocycles. The molecule has 126 valence electrons. The van der Waals surface area contributed by atoms with Crippen LogP contribution in [0.4, 0.5) is 11.5 Å². The van der Waals surface area contributed by atoms with Crippen LogP contribution in [-0.4, -0.2) is 41.1 Å². The topological polar surface area (TPSA) is 116 Å². The lowest BCUT2D eigenvalue weighted by Gasteiger charge is -2.13. The Hall–Kier alpha value is -3.07. The summed E-state index contributed by atoms with van der Waals surface area (Å²) < 4.78 is 15.9. The van der Waals surface area contributed by atoms with Crippen molar-refractivity contribution in [3.8, 4) is 17.2 Å². The zero-order valence-electron chi connectivity index (χ0n) is 12.5. The second kappa shape index (κ2) is 7.01. The molecule has 0 saturated heterocycles. The Labute approximate surface area is 136 Å². The number of ether oxygens (including phenoxy) is 3. The molecule has 9 nitrogen and oxygen atoms in total. The number of rotatable bonds is 7. The number of fused-ring (bicyclic) bond motifs is 1. The maximum atomic E-state index is 10.5. The Bertz CT molecular complexity index is 722. The number of aromatic nitrogens is 1. The maximum absolute atomic E-state index is 10.5. The molecule has 2 aromatic rings. The molecule has 1 atom stereocenters. The first-order valence-electron chi connectivity index (χ1n) is 7.16. The summed E-state index contributed by atoms with van der Waals surface area (Å²) in [6.07, 6.45) is 0.366. The van der Waals surface area contributed by atoms with Crippen LogP contribution >= 0.6 is 0 Å². The molecule has 0 spiro atoms. The summed E-state index contributed by atoms with van der Waals surface area (Å²) in [7, 11) is 0. The summed E-state index contributed by atoms with van der Waals surface area (Å²) in [5.41, 5.74) is -0.0905. The van der Waals surface area contributed by atoms with Crippen LogP contribution in [-0.2, 0) is 0 Å². The summed E-state index contributed by atoms with van der Waals surface area (Å²) >= 11 is 0. The van der Waals surface area contributed by atoms with Crippen molar-refractivity contribution in [1.82, 2.24) is 4.98 Å². The van der Waals surface area contributed by atoms with Crippen molar-refractivity contribution in [3.63, 3.8) is 0 Å². The number of hydrogen-bond acceptors (Lipinski definition) is 8. The van der Waals surface area contributed by atoms with Crippen molar-refractivity contribution in [1.29, 1.82) is 0 Å². The van der Waals surface area contributed by atoms with Gasteiger partial charge in [-0.25, -0.2) is 4.98 Å². The van der Waals surface area contributed by atoms with E-state index < -0.39 is 11.0 Å². The minimum atomic E-state index is -0.785. The van der Waals surface area contributed by atoms with E-state index in [0.29, 0.717) is 23.1 Å². The molecule has 0 unspecified atom stereocenters. The van der Waals surface area contributed by atoms with Crippen molar-refractivity contribution in [3.05, 3.63) is 46.6 Å². The molecule has 2 N–H and O–H groups in total. The Morgan fingerprint density at radius 3 is 2.92 bits per heavy atom. The number of anilines is 1. The second-order valence-electron chi connectivity index (χ2n) is 5.02. The zero-order valence-corrected chi connectivity index (χ0v) is 12.5. The normalized spacial score (nSPS) is 13.4. The number of aliphatic hydroxyl groups excluding tert-OH is 1. The van der Waals surface area contributed by atoms with E-state index in [4.69, 9.17) is 14.2 Å². The molecule has 1 aromatic carbocycles. The van der Waals surface area contributed by atoms with Gasteiger partial charge in [-0.05, 0) is 18.2 Å². The maximum Gasteiger partial charge on any atom is 0.287 e. The van der Waals surface area contributed by atoms with Crippen LogP contribution in [0.2, 0.25) is 0 Å². The smallest absolute Gasteiger partial charge is 0.287 e. The monoisotopic (exact) mass is 333 g/mol. The quantitative estimate of drug-likeness (QED) is 0.579. The number of benzene rings is 1. The summed E-state index contributed by atoms with van der Waals surface area (Å²) in [5.74, 6) is 2.26. The first kappa shape index (κ1) is 15.8. The van der Waals surface area contributed by atoms with Crippen LogP contribution in [0.25, 0.3) is 0 Å². The number of hydrogen-bond donors (Lipinski definition) is 2. The van der Waals surface area contributed by atoms with E-state index in [1.54, 1.807) is 18.2 Å². The van der Waals surface area contributed by atoms with Crippen LogP contribution in [0, 0.1) is 10.1 Å². The average Bonchev–Trinajstić information content (AvgIpc) is 3.06. The van der Waals surface area contributed by atoms with Crippen LogP contribution in [0.3, 0.4) is 0 Å². The molecule has 2 heterocycles. The highest BCUT2D eigenvalue weighted by Gasteiger charge is 2.14. The van der Waals surface area contributed by atoms with Gasteiger partial charge in [0.2, 0.25) is 6.79 Å². The molecule has 3 rings (SSSR count). The van der Waals surface area contributed by atoms with Gasteiger partial charge < -0.3 is 24.6 Å². The Morgan fingerprint density at radius 2 is 2.17 bits per heavy atom. The lowest BCUT2D eigenvalue weighted by atomic mass is 10.3. The van der Waals surface area contributed by atoms with E-state index >= 15 is 0 Å². The van der Waals surface area contributed by atoms with Gasteiger partial charge in [0.25, 0.3) is 5.69 Å². The predicted molar refractivity (Wildman–Crippen MR) is 83.4 cm³/mol. The van der Waals surface area contributed by atoms with Crippen LogP contribution in [0.1, 0.15) is 0 Å². The van der Waals surface area contributed by atoms with Crippen LogP contribution in [0.15, 0.2) is 36.5 Å². The molecule has 0 saturated carbocycles. The number of nitrogens with one attached hydrogen (secondary N) is 1. The van der Waals surface area contributed by atoms with Crippen LogP contribution in [0.5, 0.6) is 17.2 Å². The third-order valence-corrected chi connectivity index (χ3v) is 3.26. The van der Waals surface area contributed by atoms with Gasteiger partial charge >= 0.3 is 0 Å². The van der Waals surface area contributed by atoms with Gasteiger partial charge in [-0.3, -0.25) is 10.1 Å². The van der Waals surface area contributed by atoms with E-state index in [1.165, 1.54) is 12.1 Å².